The first-order chi connectivity index (χ1) is 12.6. The van der Waals surface area contributed by atoms with E-state index in [2.05, 4.69) is 23.1 Å². The van der Waals surface area contributed by atoms with Gasteiger partial charge in [0.15, 0.2) is 5.78 Å². The maximum atomic E-state index is 12.6. The van der Waals surface area contributed by atoms with Gasteiger partial charge in [-0.15, -0.1) is 11.3 Å². The number of nitrogens with zero attached hydrogens (tertiary/aromatic N) is 2. The van der Waals surface area contributed by atoms with Gasteiger partial charge < -0.3 is 9.64 Å². The molecule has 0 spiro atoms. The molecule has 2 aromatic rings. The molecule has 1 aromatic heterocycles. The lowest BCUT2D eigenvalue weighted by atomic mass is 10.1. The molecule has 0 saturated carbocycles. The second-order valence-electron chi connectivity index (χ2n) is 6.83. The van der Waals surface area contributed by atoms with Gasteiger partial charge in [0.1, 0.15) is 5.75 Å². The fourth-order valence-electron chi connectivity index (χ4n) is 3.50. The van der Waals surface area contributed by atoms with Crippen molar-refractivity contribution in [1.29, 1.82) is 0 Å². The molecule has 26 heavy (non-hydrogen) atoms. The molecule has 1 aromatic carbocycles. The standard InChI is InChI=1S/C20H22N2O3S/c1-14(23)18-4-5-19(26-18)20(24)22-9-7-21(8-10-22)13-15-2-3-17-16(12-15)6-11-25-17/h2-5,12H,6-11,13H2,1H3. The summed E-state index contributed by atoms with van der Waals surface area (Å²) < 4.78 is 5.56. The minimum Gasteiger partial charge on any atom is -0.493 e. The third-order valence-electron chi connectivity index (χ3n) is 4.98. The van der Waals surface area contributed by atoms with E-state index in [1.165, 1.54) is 29.4 Å². The maximum Gasteiger partial charge on any atom is 0.264 e. The highest BCUT2D eigenvalue weighted by Crippen LogP contribution is 2.26. The fraction of sp³-hybridized carbons (Fsp3) is 0.400. The van der Waals surface area contributed by atoms with E-state index in [0.717, 1.165) is 51.5 Å². The molecular formula is C20H22N2O3S. The summed E-state index contributed by atoms with van der Waals surface area (Å²) in [5.41, 5.74) is 2.61. The number of hydrogen-bond donors (Lipinski definition) is 0. The van der Waals surface area contributed by atoms with Gasteiger partial charge in [-0.3, -0.25) is 14.5 Å². The number of thiophene rings is 1. The zero-order valence-electron chi connectivity index (χ0n) is 14.9. The molecule has 2 aliphatic heterocycles. The van der Waals surface area contributed by atoms with Crippen LogP contribution in [0.3, 0.4) is 0 Å². The number of Topliss-reactive ketones (excluding diaryl/α,β-unsaturated/α-hetero) is 1. The number of amides is 1. The summed E-state index contributed by atoms with van der Waals surface area (Å²) in [6.07, 6.45) is 0.995. The molecule has 0 aliphatic carbocycles. The first-order valence-corrected chi connectivity index (χ1v) is 9.79. The van der Waals surface area contributed by atoms with Crippen molar-refractivity contribution in [2.24, 2.45) is 0 Å². The summed E-state index contributed by atoms with van der Waals surface area (Å²) in [5, 5.41) is 0. The van der Waals surface area contributed by atoms with Crippen molar-refractivity contribution in [2.45, 2.75) is 19.9 Å². The average Bonchev–Trinajstić information content (AvgIpc) is 3.31. The Balaban J connectivity index is 1.33. The molecule has 2 aliphatic rings. The van der Waals surface area contributed by atoms with Crippen molar-refractivity contribution >= 4 is 23.0 Å². The van der Waals surface area contributed by atoms with Crippen LogP contribution in [0.5, 0.6) is 5.75 Å². The fourth-order valence-corrected chi connectivity index (χ4v) is 4.37. The van der Waals surface area contributed by atoms with Gasteiger partial charge in [-0.05, 0) is 36.2 Å². The van der Waals surface area contributed by atoms with E-state index in [9.17, 15) is 9.59 Å². The number of fused-ring (bicyclic) bond motifs is 1. The minimum atomic E-state index is 0.0126. The Bertz CT molecular complexity index is 837. The lowest BCUT2D eigenvalue weighted by Crippen LogP contribution is -2.48. The molecule has 0 unspecified atom stereocenters. The SMILES string of the molecule is CC(=O)c1ccc(C(=O)N2CCN(Cc3ccc4c(c3)CCO4)CC2)s1. The van der Waals surface area contributed by atoms with Crippen LogP contribution < -0.4 is 4.74 Å². The Hall–Kier alpha value is -2.18. The molecule has 6 heteroatoms. The Morgan fingerprint density at radius 3 is 2.58 bits per heavy atom. The van der Waals surface area contributed by atoms with Gasteiger partial charge in [-0.2, -0.15) is 0 Å². The normalized spacial score (nSPS) is 17.0. The van der Waals surface area contributed by atoms with Crippen LogP contribution in [0.15, 0.2) is 30.3 Å². The molecule has 3 heterocycles. The average molecular weight is 370 g/mol. The van der Waals surface area contributed by atoms with Crippen molar-refractivity contribution in [3.8, 4) is 5.75 Å². The van der Waals surface area contributed by atoms with Crippen LogP contribution in [0, 0.1) is 0 Å². The largest absolute Gasteiger partial charge is 0.493 e. The minimum absolute atomic E-state index is 0.0126. The van der Waals surface area contributed by atoms with E-state index in [0.29, 0.717) is 9.75 Å². The van der Waals surface area contributed by atoms with Crippen LogP contribution in [0.1, 0.15) is 37.4 Å². The van der Waals surface area contributed by atoms with Crippen LogP contribution in [-0.2, 0) is 13.0 Å². The molecule has 1 saturated heterocycles. The van der Waals surface area contributed by atoms with E-state index in [1.54, 1.807) is 12.1 Å². The highest BCUT2D eigenvalue weighted by Gasteiger charge is 2.24. The van der Waals surface area contributed by atoms with Gasteiger partial charge in [0, 0.05) is 39.1 Å². The van der Waals surface area contributed by atoms with E-state index in [-0.39, 0.29) is 11.7 Å². The number of ketones is 1. The van der Waals surface area contributed by atoms with E-state index < -0.39 is 0 Å². The number of ether oxygens (including phenoxy) is 1. The monoisotopic (exact) mass is 370 g/mol. The van der Waals surface area contributed by atoms with Crippen LogP contribution >= 0.6 is 11.3 Å². The molecule has 5 nitrogen and oxygen atoms in total. The van der Waals surface area contributed by atoms with Crippen LogP contribution in [-0.4, -0.2) is 54.3 Å². The summed E-state index contributed by atoms with van der Waals surface area (Å²) in [6, 6.07) is 9.96. The van der Waals surface area contributed by atoms with E-state index >= 15 is 0 Å². The molecule has 1 fully saturated rings. The first kappa shape index (κ1) is 17.2. The lowest BCUT2D eigenvalue weighted by Gasteiger charge is -2.34. The molecule has 136 valence electrons. The first-order valence-electron chi connectivity index (χ1n) is 8.97. The van der Waals surface area contributed by atoms with E-state index in [1.807, 2.05) is 4.90 Å². The third kappa shape index (κ3) is 3.52. The number of carbonyl (C=O) groups excluding carboxylic acids is 2. The van der Waals surface area contributed by atoms with Gasteiger partial charge in [0.05, 0.1) is 16.4 Å². The number of hydrogen-bond acceptors (Lipinski definition) is 5. The second kappa shape index (κ2) is 7.21. The van der Waals surface area contributed by atoms with E-state index in [4.69, 9.17) is 4.74 Å². The molecule has 0 bridgehead atoms. The van der Waals surface area contributed by atoms with Crippen molar-refractivity contribution in [1.82, 2.24) is 9.80 Å². The van der Waals surface area contributed by atoms with Gasteiger partial charge in [-0.1, -0.05) is 12.1 Å². The molecule has 0 N–H and O–H groups in total. The topological polar surface area (TPSA) is 49.9 Å². The van der Waals surface area contributed by atoms with Crippen molar-refractivity contribution in [3.05, 3.63) is 51.2 Å². The number of rotatable bonds is 4. The predicted molar refractivity (Wildman–Crippen MR) is 101 cm³/mol. The molecule has 0 radical (unpaired) electrons. The lowest BCUT2D eigenvalue weighted by molar-refractivity contribution is 0.0633. The van der Waals surface area contributed by atoms with Crippen LogP contribution in [0.2, 0.25) is 0 Å². The van der Waals surface area contributed by atoms with Crippen LogP contribution in [0.4, 0.5) is 0 Å². The summed E-state index contributed by atoms with van der Waals surface area (Å²) in [6.45, 7) is 6.40. The Kier molecular flexibility index (Phi) is 4.78. The van der Waals surface area contributed by atoms with Crippen LogP contribution in [0.25, 0.3) is 0 Å². The van der Waals surface area contributed by atoms with Gasteiger partial charge in [-0.25, -0.2) is 0 Å². The maximum absolute atomic E-state index is 12.6. The smallest absolute Gasteiger partial charge is 0.264 e. The highest BCUT2D eigenvalue weighted by atomic mass is 32.1. The van der Waals surface area contributed by atoms with Crippen molar-refractivity contribution < 1.29 is 14.3 Å². The second-order valence-corrected chi connectivity index (χ2v) is 7.91. The number of benzene rings is 1. The molecule has 0 atom stereocenters. The summed E-state index contributed by atoms with van der Waals surface area (Å²) in [7, 11) is 0. The third-order valence-corrected chi connectivity index (χ3v) is 6.16. The molecular weight excluding hydrogens is 348 g/mol. The number of carbonyl (C=O) groups is 2. The highest BCUT2D eigenvalue weighted by molar-refractivity contribution is 7.15. The van der Waals surface area contributed by atoms with Crippen molar-refractivity contribution in [2.75, 3.05) is 32.8 Å². The summed E-state index contributed by atoms with van der Waals surface area (Å²) in [5.74, 6) is 1.07. The zero-order valence-corrected chi connectivity index (χ0v) is 15.7. The molecule has 4 rings (SSSR count). The Morgan fingerprint density at radius 2 is 1.85 bits per heavy atom. The zero-order chi connectivity index (χ0) is 18.1. The van der Waals surface area contributed by atoms with Gasteiger partial charge in [0.25, 0.3) is 5.91 Å². The van der Waals surface area contributed by atoms with Gasteiger partial charge >= 0.3 is 0 Å². The Labute approximate surface area is 157 Å². The summed E-state index contributed by atoms with van der Waals surface area (Å²) >= 11 is 1.29. The predicted octanol–water partition coefficient (Wildman–Crippen LogP) is 2.84. The Morgan fingerprint density at radius 1 is 1.08 bits per heavy atom. The quantitative estimate of drug-likeness (QED) is 0.777. The summed E-state index contributed by atoms with van der Waals surface area (Å²) in [4.78, 5) is 29.6. The molecule has 1 amide bonds. The van der Waals surface area contributed by atoms with Gasteiger partial charge in [0.2, 0.25) is 0 Å². The van der Waals surface area contributed by atoms with Crippen molar-refractivity contribution in [3.63, 3.8) is 0 Å². The number of piperazine rings is 1.